The third-order valence-electron chi connectivity index (χ3n) is 4.98. The van der Waals surface area contributed by atoms with Crippen LogP contribution in [0.2, 0.25) is 0 Å². The van der Waals surface area contributed by atoms with E-state index in [1.807, 2.05) is 25.1 Å². The lowest BCUT2D eigenvalue weighted by molar-refractivity contribution is 0.0908. The van der Waals surface area contributed by atoms with E-state index >= 15 is 0 Å². The zero-order valence-electron chi connectivity index (χ0n) is 15.4. The summed E-state index contributed by atoms with van der Waals surface area (Å²) >= 11 is 0. The Morgan fingerprint density at radius 3 is 2.85 bits per heavy atom. The largest absolute Gasteiger partial charge is 0.486 e. The first-order valence-electron chi connectivity index (χ1n) is 8.97. The zero-order chi connectivity index (χ0) is 18.1. The number of aromatic nitrogens is 3. The van der Waals surface area contributed by atoms with Crippen molar-refractivity contribution in [2.45, 2.75) is 26.3 Å². The van der Waals surface area contributed by atoms with Crippen molar-refractivity contribution in [1.82, 2.24) is 25.6 Å². The summed E-state index contributed by atoms with van der Waals surface area (Å²) in [6, 6.07) is 5.74. The lowest BCUT2D eigenvalue weighted by Gasteiger charge is -2.29. The Morgan fingerprint density at radius 1 is 1.30 bits per heavy atom. The maximum atomic E-state index is 12.7. The fourth-order valence-corrected chi connectivity index (χ4v) is 3.41. The number of ether oxygens (including phenoxy) is 2. The summed E-state index contributed by atoms with van der Waals surface area (Å²) < 4.78 is 12.8. The zero-order valence-corrected chi connectivity index (χ0v) is 16.2. The van der Waals surface area contributed by atoms with E-state index in [1.165, 1.54) is 0 Å². The van der Waals surface area contributed by atoms with E-state index in [0.717, 1.165) is 30.9 Å². The van der Waals surface area contributed by atoms with E-state index < -0.39 is 0 Å². The summed E-state index contributed by atoms with van der Waals surface area (Å²) in [4.78, 5) is 12.7. The van der Waals surface area contributed by atoms with E-state index in [4.69, 9.17) is 9.47 Å². The van der Waals surface area contributed by atoms with Crippen LogP contribution in [0.15, 0.2) is 18.2 Å². The van der Waals surface area contributed by atoms with Gasteiger partial charge in [-0.2, -0.15) is 0 Å². The Morgan fingerprint density at radius 2 is 2.07 bits per heavy atom. The van der Waals surface area contributed by atoms with E-state index in [0.29, 0.717) is 36.3 Å². The van der Waals surface area contributed by atoms with Crippen LogP contribution in [-0.2, 0) is 0 Å². The molecule has 146 valence electrons. The van der Waals surface area contributed by atoms with Gasteiger partial charge in [0, 0.05) is 12.1 Å². The Hall–Kier alpha value is -2.32. The fraction of sp³-hybridized carbons (Fsp3) is 0.500. The number of nitrogens with one attached hydrogen (secondary N) is 2. The molecule has 2 unspecified atom stereocenters. The van der Waals surface area contributed by atoms with E-state index in [1.54, 1.807) is 4.68 Å². The first-order chi connectivity index (χ1) is 12.6. The minimum absolute atomic E-state index is 0. The van der Waals surface area contributed by atoms with Crippen molar-refractivity contribution in [3.05, 3.63) is 29.6 Å². The predicted octanol–water partition coefficient (Wildman–Crippen LogP) is 1.50. The molecule has 0 bridgehead atoms. The van der Waals surface area contributed by atoms with Crippen LogP contribution < -0.4 is 20.1 Å². The first kappa shape index (κ1) is 19.4. The van der Waals surface area contributed by atoms with Gasteiger partial charge in [-0.25, -0.2) is 4.68 Å². The number of piperidine rings is 1. The summed E-state index contributed by atoms with van der Waals surface area (Å²) in [6.45, 7) is 6.88. The maximum Gasteiger partial charge on any atom is 0.273 e. The van der Waals surface area contributed by atoms with Crippen LogP contribution in [-0.4, -0.2) is 53.2 Å². The lowest BCUT2D eigenvalue weighted by Crippen LogP contribution is -2.48. The average molecular weight is 394 g/mol. The molecule has 0 spiro atoms. The van der Waals surface area contributed by atoms with Gasteiger partial charge in [0.05, 0.1) is 11.4 Å². The average Bonchev–Trinajstić information content (AvgIpc) is 3.05. The van der Waals surface area contributed by atoms with Crippen LogP contribution in [0.1, 0.15) is 29.5 Å². The SMILES string of the molecule is Cc1c(C(=O)NC2CCNCC2C)nnn1-c1ccc2c(c1)OCCO2.Cl. The summed E-state index contributed by atoms with van der Waals surface area (Å²) in [6.07, 6.45) is 0.919. The first-order valence-corrected chi connectivity index (χ1v) is 8.97. The quantitative estimate of drug-likeness (QED) is 0.821. The molecule has 0 saturated carbocycles. The monoisotopic (exact) mass is 393 g/mol. The van der Waals surface area contributed by atoms with Crippen molar-refractivity contribution in [2.24, 2.45) is 5.92 Å². The molecule has 1 saturated heterocycles. The molecular weight excluding hydrogens is 370 g/mol. The molecule has 1 aromatic carbocycles. The molecule has 1 amide bonds. The molecule has 1 aromatic heterocycles. The number of carbonyl (C=O) groups excluding carboxylic acids is 1. The van der Waals surface area contributed by atoms with E-state index in [9.17, 15) is 4.79 Å². The molecule has 0 aliphatic carbocycles. The molecule has 27 heavy (non-hydrogen) atoms. The molecular formula is C18H24ClN5O3. The second-order valence-electron chi connectivity index (χ2n) is 6.81. The number of halogens is 1. The van der Waals surface area contributed by atoms with Gasteiger partial charge in [-0.3, -0.25) is 4.79 Å². The van der Waals surface area contributed by atoms with Crippen molar-refractivity contribution in [1.29, 1.82) is 0 Å². The molecule has 2 atom stereocenters. The number of carbonyl (C=O) groups is 1. The third-order valence-corrected chi connectivity index (χ3v) is 4.98. The standard InChI is InChI=1S/C18H23N5O3.ClH/c1-11-10-19-6-5-14(11)20-18(24)17-12(2)23(22-21-17)13-3-4-15-16(9-13)26-8-7-25-15;/h3-4,9,11,14,19H,5-8,10H2,1-2H3,(H,20,24);1H. The highest BCUT2D eigenvalue weighted by molar-refractivity contribution is 5.93. The number of nitrogens with zero attached hydrogens (tertiary/aromatic N) is 3. The van der Waals surface area contributed by atoms with Crippen LogP contribution in [0.5, 0.6) is 11.5 Å². The van der Waals surface area contributed by atoms with Gasteiger partial charge in [0.2, 0.25) is 0 Å². The Labute approximate surface area is 164 Å². The molecule has 2 aliphatic heterocycles. The number of hydrogen-bond donors (Lipinski definition) is 2. The topological polar surface area (TPSA) is 90.3 Å². The highest BCUT2D eigenvalue weighted by atomic mass is 35.5. The highest BCUT2D eigenvalue weighted by Gasteiger charge is 2.26. The third kappa shape index (κ3) is 3.86. The Bertz CT molecular complexity index is 825. The van der Waals surface area contributed by atoms with Crippen molar-refractivity contribution >= 4 is 18.3 Å². The van der Waals surface area contributed by atoms with Gasteiger partial charge in [0.15, 0.2) is 17.2 Å². The van der Waals surface area contributed by atoms with Gasteiger partial charge >= 0.3 is 0 Å². The predicted molar refractivity (Wildman–Crippen MR) is 102 cm³/mol. The minimum Gasteiger partial charge on any atom is -0.486 e. The van der Waals surface area contributed by atoms with Crippen LogP contribution >= 0.6 is 12.4 Å². The smallest absolute Gasteiger partial charge is 0.273 e. The van der Waals surface area contributed by atoms with Gasteiger partial charge in [-0.15, -0.1) is 17.5 Å². The Kier molecular flexibility index (Phi) is 5.86. The van der Waals surface area contributed by atoms with Gasteiger partial charge in [0.25, 0.3) is 5.91 Å². The van der Waals surface area contributed by atoms with Gasteiger partial charge in [-0.1, -0.05) is 12.1 Å². The van der Waals surface area contributed by atoms with Gasteiger partial charge < -0.3 is 20.1 Å². The molecule has 2 aromatic rings. The minimum atomic E-state index is -0.176. The highest BCUT2D eigenvalue weighted by Crippen LogP contribution is 2.32. The fourth-order valence-electron chi connectivity index (χ4n) is 3.41. The molecule has 9 heteroatoms. The second-order valence-corrected chi connectivity index (χ2v) is 6.81. The number of fused-ring (bicyclic) bond motifs is 1. The van der Waals surface area contributed by atoms with Crippen molar-refractivity contribution < 1.29 is 14.3 Å². The molecule has 0 radical (unpaired) electrons. The molecule has 2 N–H and O–H groups in total. The van der Waals surface area contributed by atoms with Crippen LogP contribution in [0.4, 0.5) is 0 Å². The van der Waals surface area contributed by atoms with Crippen LogP contribution in [0.3, 0.4) is 0 Å². The normalized spacial score (nSPS) is 21.3. The van der Waals surface area contributed by atoms with Crippen molar-refractivity contribution in [3.63, 3.8) is 0 Å². The molecule has 1 fully saturated rings. The van der Waals surface area contributed by atoms with Crippen molar-refractivity contribution in [3.8, 4) is 17.2 Å². The number of rotatable bonds is 3. The van der Waals surface area contributed by atoms with Crippen LogP contribution in [0, 0.1) is 12.8 Å². The summed E-state index contributed by atoms with van der Waals surface area (Å²) in [7, 11) is 0. The van der Waals surface area contributed by atoms with Crippen LogP contribution in [0.25, 0.3) is 5.69 Å². The van der Waals surface area contributed by atoms with Gasteiger partial charge in [-0.05, 0) is 44.5 Å². The number of amides is 1. The second kappa shape index (κ2) is 8.14. The lowest BCUT2D eigenvalue weighted by atomic mass is 9.95. The summed E-state index contributed by atoms with van der Waals surface area (Å²) in [5, 5.41) is 14.7. The van der Waals surface area contributed by atoms with Crippen molar-refractivity contribution in [2.75, 3.05) is 26.3 Å². The maximum absolute atomic E-state index is 12.7. The molecule has 4 rings (SSSR count). The molecule has 8 nitrogen and oxygen atoms in total. The summed E-state index contributed by atoms with van der Waals surface area (Å²) in [5.41, 5.74) is 1.83. The number of benzene rings is 1. The Balaban J connectivity index is 0.00000210. The number of hydrogen-bond acceptors (Lipinski definition) is 6. The van der Waals surface area contributed by atoms with Gasteiger partial charge in [0.1, 0.15) is 13.2 Å². The van der Waals surface area contributed by atoms with E-state index in [-0.39, 0.29) is 24.4 Å². The molecule has 3 heterocycles. The summed E-state index contributed by atoms with van der Waals surface area (Å²) in [5.74, 6) is 1.61. The molecule has 2 aliphatic rings. The van der Waals surface area contributed by atoms with E-state index in [2.05, 4.69) is 27.9 Å².